The number of aliphatic carboxylic acids is 1. The summed E-state index contributed by atoms with van der Waals surface area (Å²) in [5.74, 6) is -2.48. The molecule has 0 saturated heterocycles. The highest BCUT2D eigenvalue weighted by molar-refractivity contribution is 7.98. The van der Waals surface area contributed by atoms with Gasteiger partial charge in [-0.05, 0) is 49.5 Å². The highest BCUT2D eigenvalue weighted by atomic mass is 32.2. The number of carbonyl (C=O) groups is 4. The summed E-state index contributed by atoms with van der Waals surface area (Å²) in [5.41, 5.74) is 16.6. The van der Waals surface area contributed by atoms with Crippen LogP contribution in [0.2, 0.25) is 0 Å². The zero-order chi connectivity index (χ0) is 27.1. The maximum atomic E-state index is 13.1. The Labute approximate surface area is 212 Å². The Kier molecular flexibility index (Phi) is 15.7. The number of hydrogen-bond acceptors (Lipinski definition) is 7. The van der Waals surface area contributed by atoms with Gasteiger partial charge in [0.25, 0.3) is 0 Å². The zero-order valence-electron chi connectivity index (χ0n) is 21.4. The summed E-state index contributed by atoms with van der Waals surface area (Å²) >= 11 is 1.56. The Morgan fingerprint density at radius 3 is 2.00 bits per heavy atom. The van der Waals surface area contributed by atoms with Crippen LogP contribution in [0.25, 0.3) is 0 Å². The molecule has 35 heavy (non-hydrogen) atoms. The summed E-state index contributed by atoms with van der Waals surface area (Å²) in [6.45, 7) is 7.43. The van der Waals surface area contributed by atoms with Crippen LogP contribution >= 0.6 is 11.8 Å². The van der Waals surface area contributed by atoms with Gasteiger partial charge in [-0.2, -0.15) is 11.8 Å². The number of amides is 3. The quantitative estimate of drug-likeness (QED) is 0.0740. The number of thioether (sulfide) groups is 1. The van der Waals surface area contributed by atoms with Crippen molar-refractivity contribution in [3.63, 3.8) is 0 Å². The molecule has 0 aromatic heterocycles. The highest BCUT2D eigenvalue weighted by Crippen LogP contribution is 2.09. The molecule has 0 aliphatic rings. The normalized spacial score (nSPS) is 14.5. The van der Waals surface area contributed by atoms with Crippen molar-refractivity contribution in [2.45, 2.75) is 77.5 Å². The number of carboxylic acid groups (broad SMARTS) is 1. The van der Waals surface area contributed by atoms with E-state index in [1.807, 2.05) is 20.1 Å². The Morgan fingerprint density at radius 1 is 0.914 bits per heavy atom. The van der Waals surface area contributed by atoms with E-state index in [2.05, 4.69) is 20.9 Å². The maximum Gasteiger partial charge on any atom is 0.326 e. The average molecular weight is 518 g/mol. The fourth-order valence-corrected chi connectivity index (χ4v) is 3.66. The first-order valence-electron chi connectivity index (χ1n) is 11.7. The van der Waals surface area contributed by atoms with Gasteiger partial charge in [0.2, 0.25) is 17.7 Å². The van der Waals surface area contributed by atoms with E-state index in [0.717, 1.165) is 0 Å². The minimum absolute atomic E-state index is 0.0298. The number of aliphatic imine (C=N–C) groups is 1. The molecule has 4 unspecified atom stereocenters. The lowest BCUT2D eigenvalue weighted by molar-refractivity contribution is -0.143. The lowest BCUT2D eigenvalue weighted by atomic mass is 10.0. The Hall–Kier alpha value is -2.54. The number of guanidine groups is 1. The first-order chi connectivity index (χ1) is 16.3. The molecule has 3 amide bonds. The highest BCUT2D eigenvalue weighted by Gasteiger charge is 2.31. The van der Waals surface area contributed by atoms with Crippen LogP contribution in [0.3, 0.4) is 0 Å². The van der Waals surface area contributed by atoms with Gasteiger partial charge in [0.15, 0.2) is 5.96 Å². The van der Waals surface area contributed by atoms with E-state index in [9.17, 15) is 24.3 Å². The number of nitrogens with zero attached hydrogens (tertiary/aromatic N) is 1. The van der Waals surface area contributed by atoms with Crippen molar-refractivity contribution in [3.8, 4) is 0 Å². The molecule has 0 heterocycles. The third kappa shape index (κ3) is 13.8. The van der Waals surface area contributed by atoms with Crippen LogP contribution in [0.15, 0.2) is 4.99 Å². The standard InChI is InChI=1S/C22H43N7O5S/c1-12(2)11-16(21(33)34)28-19(31)15(7-6-9-26-22(24)25)27-20(32)17(13(3)4)29-18(30)14(23)8-10-35-5/h12-17H,6-11,23H2,1-5H3,(H,27,32)(H,28,31)(H,29,30)(H,33,34)(H4,24,25,26). The lowest BCUT2D eigenvalue weighted by Crippen LogP contribution is -2.58. The van der Waals surface area contributed by atoms with E-state index in [1.54, 1.807) is 25.6 Å². The molecule has 13 heteroatoms. The molecule has 0 aromatic carbocycles. The van der Waals surface area contributed by atoms with Crippen LogP contribution in [-0.4, -0.2) is 77.5 Å². The van der Waals surface area contributed by atoms with Crippen LogP contribution < -0.4 is 33.2 Å². The minimum Gasteiger partial charge on any atom is -0.480 e. The lowest BCUT2D eigenvalue weighted by Gasteiger charge is -2.27. The monoisotopic (exact) mass is 517 g/mol. The second-order valence-electron chi connectivity index (χ2n) is 9.16. The van der Waals surface area contributed by atoms with Crippen molar-refractivity contribution in [3.05, 3.63) is 0 Å². The largest absolute Gasteiger partial charge is 0.480 e. The molecular weight excluding hydrogens is 474 g/mol. The van der Waals surface area contributed by atoms with E-state index >= 15 is 0 Å². The Bertz CT molecular complexity index is 729. The van der Waals surface area contributed by atoms with Gasteiger partial charge in [0.05, 0.1) is 6.04 Å². The first-order valence-corrected chi connectivity index (χ1v) is 13.1. The predicted octanol–water partition coefficient (Wildman–Crippen LogP) is -0.638. The van der Waals surface area contributed by atoms with E-state index in [4.69, 9.17) is 17.2 Å². The average Bonchev–Trinajstić information content (AvgIpc) is 2.75. The molecule has 0 bridgehead atoms. The fraction of sp³-hybridized carbons (Fsp3) is 0.773. The van der Waals surface area contributed by atoms with E-state index < -0.39 is 47.9 Å². The third-order valence-electron chi connectivity index (χ3n) is 5.12. The minimum atomic E-state index is -1.16. The van der Waals surface area contributed by atoms with Gasteiger partial charge < -0.3 is 38.3 Å². The summed E-state index contributed by atoms with van der Waals surface area (Å²) in [4.78, 5) is 54.0. The summed E-state index contributed by atoms with van der Waals surface area (Å²) in [6.07, 6.45) is 3.12. The van der Waals surface area contributed by atoms with Crippen molar-refractivity contribution < 1.29 is 24.3 Å². The van der Waals surface area contributed by atoms with Crippen LogP contribution in [0.5, 0.6) is 0 Å². The third-order valence-corrected chi connectivity index (χ3v) is 5.76. The van der Waals surface area contributed by atoms with Gasteiger partial charge in [-0.3, -0.25) is 19.4 Å². The van der Waals surface area contributed by atoms with Gasteiger partial charge in [0, 0.05) is 6.54 Å². The van der Waals surface area contributed by atoms with Crippen LogP contribution in [0, 0.1) is 11.8 Å². The van der Waals surface area contributed by atoms with Crippen LogP contribution in [0.4, 0.5) is 0 Å². The molecule has 202 valence electrons. The van der Waals surface area contributed by atoms with Gasteiger partial charge >= 0.3 is 5.97 Å². The molecule has 0 saturated carbocycles. The van der Waals surface area contributed by atoms with Gasteiger partial charge in [-0.1, -0.05) is 27.7 Å². The molecular formula is C22H43N7O5S. The first kappa shape index (κ1) is 32.5. The number of hydrogen-bond donors (Lipinski definition) is 7. The van der Waals surface area contributed by atoms with Crippen molar-refractivity contribution >= 4 is 41.4 Å². The van der Waals surface area contributed by atoms with Crippen LogP contribution in [0.1, 0.15) is 53.4 Å². The summed E-state index contributed by atoms with van der Waals surface area (Å²) in [7, 11) is 0. The molecule has 0 aliphatic carbocycles. The van der Waals surface area contributed by atoms with Crippen molar-refractivity contribution in [2.75, 3.05) is 18.6 Å². The smallest absolute Gasteiger partial charge is 0.326 e. The Balaban J connectivity index is 5.52. The molecule has 0 radical (unpaired) electrons. The van der Waals surface area contributed by atoms with Crippen molar-refractivity contribution in [1.29, 1.82) is 0 Å². The predicted molar refractivity (Wildman–Crippen MR) is 139 cm³/mol. The number of carbonyl (C=O) groups excluding carboxylic acids is 3. The maximum absolute atomic E-state index is 13.1. The van der Waals surface area contributed by atoms with Gasteiger partial charge in [-0.15, -0.1) is 0 Å². The molecule has 0 aliphatic heterocycles. The summed E-state index contributed by atoms with van der Waals surface area (Å²) in [6, 6.07) is -3.84. The molecule has 0 spiro atoms. The van der Waals surface area contributed by atoms with E-state index in [1.165, 1.54) is 0 Å². The van der Waals surface area contributed by atoms with Crippen LogP contribution in [-0.2, 0) is 19.2 Å². The van der Waals surface area contributed by atoms with E-state index in [0.29, 0.717) is 18.6 Å². The fourth-order valence-electron chi connectivity index (χ4n) is 3.17. The van der Waals surface area contributed by atoms with Crippen molar-refractivity contribution in [2.24, 2.45) is 34.0 Å². The molecule has 10 N–H and O–H groups in total. The summed E-state index contributed by atoms with van der Waals surface area (Å²) in [5, 5.41) is 17.3. The second-order valence-corrected chi connectivity index (χ2v) is 10.1. The van der Waals surface area contributed by atoms with Gasteiger partial charge in [0.1, 0.15) is 18.1 Å². The topological polar surface area (TPSA) is 215 Å². The number of rotatable bonds is 17. The number of carboxylic acids is 1. The van der Waals surface area contributed by atoms with Gasteiger partial charge in [-0.25, -0.2) is 4.79 Å². The van der Waals surface area contributed by atoms with E-state index in [-0.39, 0.29) is 37.2 Å². The molecule has 0 rings (SSSR count). The summed E-state index contributed by atoms with van der Waals surface area (Å²) < 4.78 is 0. The number of nitrogens with two attached hydrogens (primary N) is 3. The van der Waals surface area contributed by atoms with Crippen molar-refractivity contribution in [1.82, 2.24) is 16.0 Å². The molecule has 4 atom stereocenters. The molecule has 0 aromatic rings. The SMILES string of the molecule is CSCCC(N)C(=O)NC(C(=O)NC(CCCN=C(N)N)C(=O)NC(CC(C)C)C(=O)O)C(C)C. The zero-order valence-corrected chi connectivity index (χ0v) is 22.2. The number of nitrogens with one attached hydrogen (secondary N) is 3. The molecule has 0 fully saturated rings. The molecule has 12 nitrogen and oxygen atoms in total. The second kappa shape index (κ2) is 17.0. The Morgan fingerprint density at radius 2 is 1.51 bits per heavy atom.